The molecule has 0 bridgehead atoms. The summed E-state index contributed by atoms with van der Waals surface area (Å²) in [5.74, 6) is -0.500. The number of hydrogen-bond acceptors (Lipinski definition) is 6. The van der Waals surface area contributed by atoms with Crippen LogP contribution in [0.2, 0.25) is 0 Å². The lowest BCUT2D eigenvalue weighted by atomic mass is 10.2. The van der Waals surface area contributed by atoms with Crippen LogP contribution in [0.1, 0.15) is 10.4 Å². The minimum atomic E-state index is -0.845. The van der Waals surface area contributed by atoms with Gasteiger partial charge in [0.05, 0.1) is 5.69 Å². The molecule has 0 aliphatic carbocycles. The number of benzene rings is 2. The molecule has 0 spiro atoms. The largest absolute Gasteiger partial charge is 0.482 e. The highest BCUT2D eigenvalue weighted by Gasteiger charge is 2.19. The highest BCUT2D eigenvalue weighted by molar-refractivity contribution is 5.96. The lowest BCUT2D eigenvalue weighted by Gasteiger charge is -2.18. The SMILES string of the molecule is O=C1COc2ccc(OC(=O)c3cc4ccccc4oc3=O)cc2N1. The summed E-state index contributed by atoms with van der Waals surface area (Å²) in [4.78, 5) is 35.7. The zero-order valence-corrected chi connectivity index (χ0v) is 12.8. The standard InChI is InChI=1S/C18H11NO6/c20-16-9-23-15-6-5-11(8-13(15)19-16)24-17(21)12-7-10-3-1-2-4-14(10)25-18(12)22/h1-8H,9H2,(H,19,20). The van der Waals surface area contributed by atoms with Crippen molar-refractivity contribution in [3.63, 3.8) is 0 Å². The molecule has 0 saturated carbocycles. The first-order chi connectivity index (χ1) is 12.1. The minimum absolute atomic E-state index is 0.0652. The van der Waals surface area contributed by atoms with Gasteiger partial charge in [0.25, 0.3) is 5.91 Å². The Hall–Kier alpha value is -3.61. The van der Waals surface area contributed by atoms with Gasteiger partial charge < -0.3 is 19.2 Å². The van der Waals surface area contributed by atoms with E-state index in [9.17, 15) is 14.4 Å². The summed E-state index contributed by atoms with van der Waals surface area (Å²) >= 11 is 0. The number of rotatable bonds is 2. The zero-order chi connectivity index (χ0) is 17.4. The van der Waals surface area contributed by atoms with Gasteiger partial charge in [-0.3, -0.25) is 4.79 Å². The average Bonchev–Trinajstić information content (AvgIpc) is 2.60. The van der Waals surface area contributed by atoms with Gasteiger partial charge in [-0.05, 0) is 24.3 Å². The number of anilines is 1. The third-order valence-corrected chi connectivity index (χ3v) is 3.66. The first-order valence-corrected chi connectivity index (χ1v) is 7.42. The average molecular weight is 337 g/mol. The van der Waals surface area contributed by atoms with Crippen LogP contribution in [0, 0.1) is 0 Å². The molecule has 0 fully saturated rings. The number of amides is 1. The molecule has 2 heterocycles. The van der Waals surface area contributed by atoms with Gasteiger partial charge >= 0.3 is 11.6 Å². The second-order valence-electron chi connectivity index (χ2n) is 5.37. The van der Waals surface area contributed by atoms with E-state index in [1.165, 1.54) is 18.2 Å². The van der Waals surface area contributed by atoms with Crippen molar-refractivity contribution in [1.82, 2.24) is 0 Å². The van der Waals surface area contributed by atoms with Gasteiger partial charge in [0.1, 0.15) is 22.6 Å². The van der Waals surface area contributed by atoms with Crippen molar-refractivity contribution in [3.8, 4) is 11.5 Å². The third kappa shape index (κ3) is 2.83. The van der Waals surface area contributed by atoms with E-state index >= 15 is 0 Å². The van der Waals surface area contributed by atoms with Gasteiger partial charge in [0.2, 0.25) is 0 Å². The Kier molecular flexibility index (Phi) is 3.46. The molecule has 0 saturated heterocycles. The number of nitrogens with one attached hydrogen (secondary N) is 1. The van der Waals surface area contributed by atoms with E-state index in [1.54, 1.807) is 30.3 Å². The van der Waals surface area contributed by atoms with E-state index in [1.807, 2.05) is 0 Å². The summed E-state index contributed by atoms with van der Waals surface area (Å²) in [6, 6.07) is 12.8. The monoisotopic (exact) mass is 337 g/mol. The molecule has 0 radical (unpaired) electrons. The molecular formula is C18H11NO6. The van der Waals surface area contributed by atoms with Crippen LogP contribution in [0.3, 0.4) is 0 Å². The summed E-state index contributed by atoms with van der Waals surface area (Å²) in [6.45, 7) is -0.0652. The van der Waals surface area contributed by atoms with Crippen LogP contribution in [0.4, 0.5) is 5.69 Å². The summed E-state index contributed by atoms with van der Waals surface area (Å²) in [5.41, 5.74) is -0.209. The maximum atomic E-state index is 12.3. The summed E-state index contributed by atoms with van der Waals surface area (Å²) < 4.78 is 15.6. The Morgan fingerprint density at radius 1 is 1.08 bits per heavy atom. The number of ether oxygens (including phenoxy) is 2. The van der Waals surface area contributed by atoms with Crippen molar-refractivity contribution in [1.29, 1.82) is 0 Å². The normalized spacial score (nSPS) is 12.9. The minimum Gasteiger partial charge on any atom is -0.482 e. The fraction of sp³-hybridized carbons (Fsp3) is 0.0556. The molecule has 1 aliphatic rings. The molecule has 25 heavy (non-hydrogen) atoms. The fourth-order valence-corrected chi connectivity index (χ4v) is 2.49. The first kappa shape index (κ1) is 14.9. The van der Waals surface area contributed by atoms with Crippen LogP contribution in [0.25, 0.3) is 11.0 Å². The molecule has 2 aromatic carbocycles. The number of para-hydroxylation sites is 1. The molecule has 124 valence electrons. The first-order valence-electron chi connectivity index (χ1n) is 7.42. The molecule has 1 amide bonds. The molecule has 3 aromatic rings. The van der Waals surface area contributed by atoms with Crippen molar-refractivity contribution in [2.24, 2.45) is 0 Å². The van der Waals surface area contributed by atoms with Crippen LogP contribution in [0.5, 0.6) is 11.5 Å². The molecule has 1 aromatic heterocycles. The van der Waals surface area contributed by atoms with Crippen molar-refractivity contribution in [2.75, 3.05) is 11.9 Å². The van der Waals surface area contributed by atoms with E-state index in [4.69, 9.17) is 13.9 Å². The Bertz CT molecular complexity index is 1070. The van der Waals surface area contributed by atoms with E-state index in [-0.39, 0.29) is 23.8 Å². The number of hydrogen-bond donors (Lipinski definition) is 1. The molecule has 0 unspecified atom stereocenters. The summed E-state index contributed by atoms with van der Waals surface area (Å²) in [6.07, 6.45) is 0. The highest BCUT2D eigenvalue weighted by atomic mass is 16.5. The maximum absolute atomic E-state index is 12.3. The highest BCUT2D eigenvalue weighted by Crippen LogP contribution is 2.31. The topological polar surface area (TPSA) is 94.8 Å². The Labute approximate surface area is 140 Å². The van der Waals surface area contributed by atoms with E-state index in [2.05, 4.69) is 5.32 Å². The number of carbonyl (C=O) groups excluding carboxylic acids is 2. The van der Waals surface area contributed by atoms with Gasteiger partial charge in [-0.2, -0.15) is 0 Å². The Balaban J connectivity index is 1.64. The molecule has 4 rings (SSSR count). The molecule has 7 nitrogen and oxygen atoms in total. The number of carbonyl (C=O) groups is 2. The second-order valence-corrected chi connectivity index (χ2v) is 5.37. The van der Waals surface area contributed by atoms with Gasteiger partial charge in [0, 0.05) is 11.5 Å². The summed E-state index contributed by atoms with van der Waals surface area (Å²) in [5, 5.41) is 3.22. The van der Waals surface area contributed by atoms with Crippen LogP contribution < -0.4 is 20.4 Å². The lowest BCUT2D eigenvalue weighted by molar-refractivity contribution is -0.118. The number of esters is 1. The predicted molar refractivity (Wildman–Crippen MR) is 88.0 cm³/mol. The van der Waals surface area contributed by atoms with Crippen LogP contribution in [-0.2, 0) is 4.79 Å². The van der Waals surface area contributed by atoms with Crippen molar-refractivity contribution in [2.45, 2.75) is 0 Å². The molecule has 1 aliphatic heterocycles. The van der Waals surface area contributed by atoms with Crippen molar-refractivity contribution >= 4 is 28.5 Å². The van der Waals surface area contributed by atoms with Gasteiger partial charge in [-0.15, -0.1) is 0 Å². The smallest absolute Gasteiger partial charge is 0.351 e. The maximum Gasteiger partial charge on any atom is 0.351 e. The lowest BCUT2D eigenvalue weighted by Crippen LogP contribution is -2.25. The Morgan fingerprint density at radius 2 is 1.92 bits per heavy atom. The molecular weight excluding hydrogens is 326 g/mol. The van der Waals surface area contributed by atoms with E-state index in [0.717, 1.165) is 0 Å². The zero-order valence-electron chi connectivity index (χ0n) is 12.8. The van der Waals surface area contributed by atoms with Crippen molar-refractivity contribution < 1.29 is 23.5 Å². The van der Waals surface area contributed by atoms with Crippen LogP contribution in [0.15, 0.2) is 57.7 Å². The predicted octanol–water partition coefficient (Wildman–Crippen LogP) is 2.34. The molecule has 1 N–H and O–H groups in total. The molecule has 7 heteroatoms. The fourth-order valence-electron chi connectivity index (χ4n) is 2.49. The molecule has 0 atom stereocenters. The quantitative estimate of drug-likeness (QED) is 0.438. The third-order valence-electron chi connectivity index (χ3n) is 3.66. The number of fused-ring (bicyclic) bond motifs is 2. The van der Waals surface area contributed by atoms with E-state index < -0.39 is 11.6 Å². The Morgan fingerprint density at radius 3 is 2.80 bits per heavy atom. The van der Waals surface area contributed by atoms with Crippen molar-refractivity contribution in [3.05, 3.63) is 64.5 Å². The summed E-state index contributed by atoms with van der Waals surface area (Å²) in [7, 11) is 0. The van der Waals surface area contributed by atoms with Crippen LogP contribution >= 0.6 is 0 Å². The second kappa shape index (κ2) is 5.79. The van der Waals surface area contributed by atoms with E-state index in [0.29, 0.717) is 22.4 Å². The van der Waals surface area contributed by atoms with Gasteiger partial charge in [0.15, 0.2) is 6.61 Å². The van der Waals surface area contributed by atoms with Crippen LogP contribution in [-0.4, -0.2) is 18.5 Å². The van der Waals surface area contributed by atoms with Gasteiger partial charge in [-0.1, -0.05) is 18.2 Å². The van der Waals surface area contributed by atoms with Gasteiger partial charge in [-0.25, -0.2) is 9.59 Å².